The van der Waals surface area contributed by atoms with E-state index < -0.39 is 21.6 Å². The van der Waals surface area contributed by atoms with E-state index in [0.29, 0.717) is 31.7 Å². The van der Waals surface area contributed by atoms with E-state index in [9.17, 15) is 17.6 Å². The number of rotatable bonds is 6. The first-order valence-corrected chi connectivity index (χ1v) is 13.4. The van der Waals surface area contributed by atoms with Crippen molar-refractivity contribution in [2.75, 3.05) is 6.26 Å². The largest absolute Gasteiger partial charge is 0.346 e. The SMILES string of the molecule is CS(=O)(=O)c1ccc(-c2sc(C(=O)NCc3cc(Cl)cc(Cl)c3)nc2-c2ccc(F)cc2)cc1. The van der Waals surface area contributed by atoms with Crippen LogP contribution >= 0.6 is 34.5 Å². The molecule has 10 heteroatoms. The van der Waals surface area contributed by atoms with Gasteiger partial charge < -0.3 is 5.32 Å². The van der Waals surface area contributed by atoms with Crippen molar-refractivity contribution in [1.82, 2.24) is 10.3 Å². The molecule has 4 rings (SSSR count). The van der Waals surface area contributed by atoms with Crippen molar-refractivity contribution < 1.29 is 17.6 Å². The number of sulfone groups is 1. The zero-order valence-electron chi connectivity index (χ0n) is 17.7. The van der Waals surface area contributed by atoms with Crippen molar-refractivity contribution in [2.45, 2.75) is 11.4 Å². The third kappa shape index (κ3) is 5.64. The van der Waals surface area contributed by atoms with Crippen LogP contribution in [0.5, 0.6) is 0 Å². The summed E-state index contributed by atoms with van der Waals surface area (Å²) in [5, 5.41) is 3.93. The highest BCUT2D eigenvalue weighted by atomic mass is 35.5. The second-order valence-corrected chi connectivity index (χ2v) is 11.3. The van der Waals surface area contributed by atoms with Crippen molar-refractivity contribution in [1.29, 1.82) is 0 Å². The number of halogens is 3. The number of carbonyl (C=O) groups is 1. The second kappa shape index (κ2) is 9.84. The summed E-state index contributed by atoms with van der Waals surface area (Å²) in [4.78, 5) is 18.2. The van der Waals surface area contributed by atoms with Crippen LogP contribution in [0.15, 0.2) is 71.6 Å². The van der Waals surface area contributed by atoms with Crippen LogP contribution in [0.3, 0.4) is 0 Å². The van der Waals surface area contributed by atoms with Gasteiger partial charge in [-0.1, -0.05) is 35.3 Å². The van der Waals surface area contributed by atoms with Crippen LogP contribution in [0.2, 0.25) is 10.0 Å². The molecule has 0 atom stereocenters. The van der Waals surface area contributed by atoms with E-state index in [-0.39, 0.29) is 16.4 Å². The third-order valence-electron chi connectivity index (χ3n) is 4.86. The smallest absolute Gasteiger partial charge is 0.280 e. The number of benzene rings is 3. The van der Waals surface area contributed by atoms with E-state index in [1.54, 1.807) is 42.5 Å². The molecule has 1 amide bonds. The summed E-state index contributed by atoms with van der Waals surface area (Å²) in [7, 11) is -3.35. The molecule has 0 aliphatic carbocycles. The molecule has 0 bridgehead atoms. The molecular weight excluding hydrogens is 518 g/mol. The predicted molar refractivity (Wildman–Crippen MR) is 134 cm³/mol. The molecule has 0 saturated carbocycles. The fraction of sp³-hybridized carbons (Fsp3) is 0.0833. The van der Waals surface area contributed by atoms with Crippen LogP contribution in [0, 0.1) is 5.82 Å². The summed E-state index contributed by atoms with van der Waals surface area (Å²) < 4.78 is 37.1. The van der Waals surface area contributed by atoms with Crippen LogP contribution in [0.25, 0.3) is 21.7 Å². The standard InChI is InChI=1S/C24H17Cl2FN2O3S2/c1-34(31,32)20-8-4-16(5-9-20)22-21(15-2-6-19(27)7-3-15)29-24(33-22)23(30)28-13-14-10-17(25)12-18(26)11-14/h2-12H,13H2,1H3,(H,28,30). The fourth-order valence-corrected chi connectivity index (χ4v) is 5.45. The van der Waals surface area contributed by atoms with Crippen molar-refractivity contribution in [3.8, 4) is 21.7 Å². The summed E-state index contributed by atoms with van der Waals surface area (Å²) in [5.41, 5.74) is 2.54. The van der Waals surface area contributed by atoms with Crippen LogP contribution in [-0.4, -0.2) is 25.6 Å². The van der Waals surface area contributed by atoms with Gasteiger partial charge in [0.25, 0.3) is 5.91 Å². The summed E-state index contributed by atoms with van der Waals surface area (Å²) in [6, 6.07) is 17.1. The quantitative estimate of drug-likeness (QED) is 0.317. The summed E-state index contributed by atoms with van der Waals surface area (Å²) >= 11 is 13.2. The highest BCUT2D eigenvalue weighted by molar-refractivity contribution is 7.90. The number of hydrogen-bond acceptors (Lipinski definition) is 5. The Balaban J connectivity index is 1.68. The number of thiazole rings is 1. The van der Waals surface area contributed by atoms with Crippen LogP contribution in [-0.2, 0) is 16.4 Å². The Morgan fingerprint density at radius 2 is 1.56 bits per heavy atom. The molecular formula is C24H17Cl2FN2O3S2. The first-order valence-electron chi connectivity index (χ1n) is 9.90. The van der Waals surface area contributed by atoms with Crippen molar-refractivity contribution >= 4 is 50.3 Å². The van der Waals surface area contributed by atoms with Crippen LogP contribution in [0.1, 0.15) is 15.4 Å². The van der Waals surface area contributed by atoms with Gasteiger partial charge in [-0.3, -0.25) is 4.79 Å². The van der Waals surface area contributed by atoms with E-state index in [4.69, 9.17) is 23.2 Å². The van der Waals surface area contributed by atoms with Crippen LogP contribution in [0.4, 0.5) is 4.39 Å². The Labute approximate surface area is 210 Å². The summed E-state index contributed by atoms with van der Waals surface area (Å²) in [6.07, 6.45) is 1.13. The maximum atomic E-state index is 13.5. The van der Waals surface area contributed by atoms with Crippen molar-refractivity contribution in [3.05, 3.63) is 93.2 Å². The average molecular weight is 535 g/mol. The Morgan fingerprint density at radius 1 is 0.971 bits per heavy atom. The predicted octanol–water partition coefficient (Wildman–Crippen LogP) is 6.26. The fourth-order valence-electron chi connectivity index (χ4n) is 3.24. The molecule has 0 spiro atoms. The first-order chi connectivity index (χ1) is 16.1. The molecule has 0 radical (unpaired) electrons. The highest BCUT2D eigenvalue weighted by Gasteiger charge is 2.20. The summed E-state index contributed by atoms with van der Waals surface area (Å²) in [5.74, 6) is -0.792. The summed E-state index contributed by atoms with van der Waals surface area (Å²) in [6.45, 7) is 0.197. The lowest BCUT2D eigenvalue weighted by molar-refractivity contribution is 0.0950. The number of nitrogens with zero attached hydrogens (tertiary/aromatic N) is 1. The Kier molecular flexibility index (Phi) is 7.04. The minimum absolute atomic E-state index is 0.183. The molecule has 1 aromatic heterocycles. The van der Waals surface area contributed by atoms with E-state index >= 15 is 0 Å². The van der Waals surface area contributed by atoms with Gasteiger partial charge in [-0.2, -0.15) is 0 Å². The minimum atomic E-state index is -3.35. The van der Waals surface area contributed by atoms with Gasteiger partial charge >= 0.3 is 0 Å². The lowest BCUT2D eigenvalue weighted by Crippen LogP contribution is -2.22. The molecule has 0 aliphatic heterocycles. The number of amides is 1. The molecule has 0 saturated heterocycles. The zero-order valence-corrected chi connectivity index (χ0v) is 20.8. The molecule has 5 nitrogen and oxygen atoms in total. The van der Waals surface area contributed by atoms with Gasteiger partial charge in [0.2, 0.25) is 0 Å². The number of hydrogen-bond donors (Lipinski definition) is 1. The van der Waals surface area contributed by atoms with Gasteiger partial charge in [-0.05, 0) is 65.7 Å². The molecule has 0 aliphatic rings. The van der Waals surface area contributed by atoms with E-state index in [1.807, 2.05) is 0 Å². The molecule has 4 aromatic rings. The number of carbonyl (C=O) groups excluding carboxylic acids is 1. The van der Waals surface area contributed by atoms with Gasteiger partial charge in [-0.15, -0.1) is 11.3 Å². The van der Waals surface area contributed by atoms with Crippen LogP contribution < -0.4 is 5.32 Å². The maximum absolute atomic E-state index is 13.5. The average Bonchev–Trinajstić information content (AvgIpc) is 3.22. The van der Waals surface area contributed by atoms with Gasteiger partial charge in [0.1, 0.15) is 5.82 Å². The van der Waals surface area contributed by atoms with Crippen molar-refractivity contribution in [3.63, 3.8) is 0 Å². The molecule has 34 heavy (non-hydrogen) atoms. The molecule has 3 aromatic carbocycles. The lowest BCUT2D eigenvalue weighted by Gasteiger charge is -2.04. The number of aromatic nitrogens is 1. The zero-order chi connectivity index (χ0) is 24.5. The molecule has 0 fully saturated rings. The molecule has 1 heterocycles. The van der Waals surface area contributed by atoms with Gasteiger partial charge in [0, 0.05) is 28.4 Å². The third-order valence-corrected chi connectivity index (χ3v) is 7.53. The Hall–Kier alpha value is -2.78. The molecule has 0 unspecified atom stereocenters. The monoisotopic (exact) mass is 534 g/mol. The molecule has 1 N–H and O–H groups in total. The van der Waals surface area contributed by atoms with E-state index in [2.05, 4.69) is 10.3 Å². The van der Waals surface area contributed by atoms with Gasteiger partial charge in [-0.25, -0.2) is 17.8 Å². The topological polar surface area (TPSA) is 76.1 Å². The Morgan fingerprint density at radius 3 is 2.15 bits per heavy atom. The van der Waals surface area contributed by atoms with E-state index in [1.165, 1.54) is 24.3 Å². The normalized spacial score (nSPS) is 11.4. The van der Waals surface area contributed by atoms with Gasteiger partial charge in [0.15, 0.2) is 14.8 Å². The maximum Gasteiger partial charge on any atom is 0.280 e. The Bertz CT molecular complexity index is 1450. The minimum Gasteiger partial charge on any atom is -0.346 e. The second-order valence-electron chi connectivity index (χ2n) is 7.46. The number of nitrogens with one attached hydrogen (secondary N) is 1. The van der Waals surface area contributed by atoms with E-state index in [0.717, 1.165) is 23.2 Å². The van der Waals surface area contributed by atoms with Crippen molar-refractivity contribution in [2.24, 2.45) is 0 Å². The molecule has 174 valence electrons. The lowest BCUT2D eigenvalue weighted by atomic mass is 10.1. The highest BCUT2D eigenvalue weighted by Crippen LogP contribution is 2.37. The van der Waals surface area contributed by atoms with Gasteiger partial charge in [0.05, 0.1) is 15.5 Å². The first kappa shape index (κ1) is 24.3.